The fourth-order valence-electron chi connectivity index (χ4n) is 4.39. The number of amides is 2. The van der Waals surface area contributed by atoms with Crippen molar-refractivity contribution in [1.82, 2.24) is 14.9 Å². The predicted octanol–water partition coefficient (Wildman–Crippen LogP) is 2.38. The molecule has 8 nitrogen and oxygen atoms in total. The van der Waals surface area contributed by atoms with E-state index >= 15 is 0 Å². The average molecular weight is 460 g/mol. The van der Waals surface area contributed by atoms with E-state index in [-0.39, 0.29) is 24.0 Å². The van der Waals surface area contributed by atoms with E-state index in [1.165, 1.54) is 10.9 Å². The zero-order chi connectivity index (χ0) is 24.2. The summed E-state index contributed by atoms with van der Waals surface area (Å²) >= 11 is 0. The summed E-state index contributed by atoms with van der Waals surface area (Å²) < 4.78 is 29.6. The summed E-state index contributed by atoms with van der Waals surface area (Å²) in [5, 5.41) is 14.8. The number of aromatic hydroxyl groups is 1. The fourth-order valence-corrected chi connectivity index (χ4v) is 4.39. The number of carbonyl (C=O) groups is 2. The standard InChI is InChI=1S/C23H26F2N4O4/c1-12-7-16(24)14(17(25)8-12)9-26-21(32)15-10-28-18(20(31)19(15)30)22(33)27-11-29(28)23(3,4)6-5-13(27)2/h7-8,10,13,31H,5-6,9,11H2,1-4H3,(H,26,32)/t13-/m0/s1. The lowest BCUT2D eigenvalue weighted by Gasteiger charge is -2.46. The Morgan fingerprint density at radius 2 is 1.88 bits per heavy atom. The van der Waals surface area contributed by atoms with Crippen LogP contribution in [0.2, 0.25) is 0 Å². The molecule has 2 bridgehead atoms. The van der Waals surface area contributed by atoms with E-state index in [4.69, 9.17) is 0 Å². The summed E-state index contributed by atoms with van der Waals surface area (Å²) in [5.74, 6) is -3.88. The Labute approximate surface area is 189 Å². The number of hydrogen-bond donors (Lipinski definition) is 2. The van der Waals surface area contributed by atoms with Crippen molar-refractivity contribution in [2.45, 2.75) is 58.7 Å². The highest BCUT2D eigenvalue weighted by molar-refractivity contribution is 5.99. The number of halogens is 2. The van der Waals surface area contributed by atoms with Gasteiger partial charge in [-0.05, 0) is 58.2 Å². The maximum atomic E-state index is 14.1. The lowest BCUT2D eigenvalue weighted by molar-refractivity contribution is 0.0620. The van der Waals surface area contributed by atoms with Crippen LogP contribution in [0.4, 0.5) is 8.78 Å². The first-order valence-corrected chi connectivity index (χ1v) is 10.7. The molecule has 1 saturated heterocycles. The van der Waals surface area contributed by atoms with Gasteiger partial charge in [-0.3, -0.25) is 24.1 Å². The number of carbonyl (C=O) groups excluding carboxylic acids is 2. The maximum Gasteiger partial charge on any atom is 0.278 e. The Hall–Kier alpha value is -3.43. The monoisotopic (exact) mass is 460 g/mol. The van der Waals surface area contributed by atoms with Crippen LogP contribution in [0.5, 0.6) is 5.75 Å². The smallest absolute Gasteiger partial charge is 0.278 e. The summed E-state index contributed by atoms with van der Waals surface area (Å²) in [5.41, 5.74) is -2.06. The number of benzene rings is 1. The molecular formula is C23H26F2N4O4. The van der Waals surface area contributed by atoms with Gasteiger partial charge in [-0.25, -0.2) is 8.78 Å². The third kappa shape index (κ3) is 3.73. The van der Waals surface area contributed by atoms with Gasteiger partial charge in [0.05, 0.1) is 5.54 Å². The highest BCUT2D eigenvalue weighted by atomic mass is 19.1. The van der Waals surface area contributed by atoms with Crippen LogP contribution in [0.25, 0.3) is 0 Å². The van der Waals surface area contributed by atoms with Crippen LogP contribution in [0.15, 0.2) is 23.1 Å². The van der Waals surface area contributed by atoms with Gasteiger partial charge in [0.15, 0.2) is 11.4 Å². The molecule has 2 amide bonds. The molecule has 1 aromatic carbocycles. The van der Waals surface area contributed by atoms with Gasteiger partial charge < -0.3 is 15.3 Å². The van der Waals surface area contributed by atoms with Crippen molar-refractivity contribution in [3.63, 3.8) is 0 Å². The zero-order valence-electron chi connectivity index (χ0n) is 18.9. The van der Waals surface area contributed by atoms with Crippen LogP contribution in [0.3, 0.4) is 0 Å². The topological polar surface area (TPSA) is 94.9 Å². The largest absolute Gasteiger partial charge is 0.502 e. The molecule has 33 heavy (non-hydrogen) atoms. The van der Waals surface area contributed by atoms with Crippen LogP contribution in [0, 0.1) is 18.6 Å². The first-order chi connectivity index (χ1) is 15.4. The molecule has 0 unspecified atom stereocenters. The molecule has 2 N–H and O–H groups in total. The number of rotatable bonds is 3. The van der Waals surface area contributed by atoms with Gasteiger partial charge in [-0.1, -0.05) is 0 Å². The molecule has 2 aromatic rings. The van der Waals surface area contributed by atoms with E-state index in [9.17, 15) is 28.3 Å². The summed E-state index contributed by atoms with van der Waals surface area (Å²) in [6.07, 6.45) is 2.68. The molecule has 3 heterocycles. The summed E-state index contributed by atoms with van der Waals surface area (Å²) in [6.45, 7) is 7.13. The Bertz CT molecular complexity index is 1200. The summed E-state index contributed by atoms with van der Waals surface area (Å²) in [4.78, 5) is 40.3. The second-order valence-corrected chi connectivity index (χ2v) is 9.32. The number of aromatic nitrogens is 1. The molecule has 0 saturated carbocycles. The van der Waals surface area contributed by atoms with Crippen molar-refractivity contribution in [1.29, 1.82) is 0 Å². The minimum absolute atomic E-state index is 0.0905. The van der Waals surface area contributed by atoms with Gasteiger partial charge in [0.2, 0.25) is 5.43 Å². The molecule has 0 radical (unpaired) electrons. The lowest BCUT2D eigenvalue weighted by atomic mass is 9.96. The van der Waals surface area contributed by atoms with Gasteiger partial charge in [0.1, 0.15) is 23.9 Å². The van der Waals surface area contributed by atoms with Crippen molar-refractivity contribution in [3.05, 3.63) is 62.6 Å². The quantitative estimate of drug-likeness (QED) is 0.734. The van der Waals surface area contributed by atoms with Gasteiger partial charge in [-0.2, -0.15) is 0 Å². The Kier molecular flexibility index (Phi) is 5.42. The van der Waals surface area contributed by atoms with Crippen molar-refractivity contribution in [2.75, 3.05) is 11.7 Å². The lowest BCUT2D eigenvalue weighted by Crippen LogP contribution is -2.61. The zero-order valence-corrected chi connectivity index (χ0v) is 18.9. The minimum Gasteiger partial charge on any atom is -0.502 e. The Morgan fingerprint density at radius 3 is 2.52 bits per heavy atom. The normalized spacial score (nSPS) is 19.2. The summed E-state index contributed by atoms with van der Waals surface area (Å²) in [7, 11) is 0. The maximum absolute atomic E-state index is 14.1. The molecule has 2 aliphatic rings. The fraction of sp³-hybridized carbons (Fsp3) is 0.435. The second kappa shape index (κ2) is 7.86. The highest BCUT2D eigenvalue weighted by Crippen LogP contribution is 2.33. The van der Waals surface area contributed by atoms with Gasteiger partial charge in [-0.15, -0.1) is 0 Å². The van der Waals surface area contributed by atoms with E-state index < -0.39 is 52.3 Å². The van der Waals surface area contributed by atoms with Gasteiger partial charge >= 0.3 is 0 Å². The number of nitrogens with zero attached hydrogens (tertiary/aromatic N) is 3. The molecular weight excluding hydrogens is 434 g/mol. The number of hydrogen-bond acceptors (Lipinski definition) is 5. The Balaban J connectivity index is 1.73. The predicted molar refractivity (Wildman–Crippen MR) is 117 cm³/mol. The first-order valence-electron chi connectivity index (χ1n) is 10.7. The minimum atomic E-state index is -1.02. The highest BCUT2D eigenvalue weighted by Gasteiger charge is 2.43. The number of nitrogens with one attached hydrogen (secondary N) is 1. The number of pyridine rings is 1. The first kappa shape index (κ1) is 22.8. The van der Waals surface area contributed by atoms with E-state index in [1.54, 1.807) is 11.8 Å². The molecule has 1 atom stereocenters. The van der Waals surface area contributed by atoms with E-state index in [0.717, 1.165) is 25.0 Å². The Morgan fingerprint density at radius 1 is 1.24 bits per heavy atom. The molecule has 0 aliphatic carbocycles. The van der Waals surface area contributed by atoms with E-state index in [0.29, 0.717) is 5.56 Å². The van der Waals surface area contributed by atoms with Crippen molar-refractivity contribution >= 4 is 11.8 Å². The number of fused-ring (bicyclic) bond motifs is 4. The molecule has 10 heteroatoms. The number of aryl methyl sites for hydroxylation is 1. The van der Waals surface area contributed by atoms with Crippen LogP contribution in [-0.4, -0.2) is 44.7 Å². The van der Waals surface area contributed by atoms with Crippen LogP contribution in [-0.2, 0) is 6.54 Å². The molecule has 4 rings (SSSR count). The molecule has 0 spiro atoms. The molecule has 176 valence electrons. The van der Waals surface area contributed by atoms with Crippen molar-refractivity contribution < 1.29 is 23.5 Å². The van der Waals surface area contributed by atoms with E-state index in [2.05, 4.69) is 5.32 Å². The van der Waals surface area contributed by atoms with Crippen LogP contribution < -0.4 is 15.8 Å². The molecule has 1 aromatic heterocycles. The molecule has 2 aliphatic heterocycles. The van der Waals surface area contributed by atoms with Gasteiger partial charge in [0.25, 0.3) is 11.8 Å². The van der Waals surface area contributed by atoms with Crippen molar-refractivity contribution in [3.8, 4) is 5.75 Å². The van der Waals surface area contributed by atoms with Crippen molar-refractivity contribution in [2.24, 2.45) is 0 Å². The second-order valence-electron chi connectivity index (χ2n) is 9.32. The average Bonchev–Trinajstić information content (AvgIpc) is 2.83. The third-order valence-corrected chi connectivity index (χ3v) is 6.53. The van der Waals surface area contributed by atoms with E-state index in [1.807, 2.05) is 25.8 Å². The van der Waals surface area contributed by atoms with Gasteiger partial charge in [0, 0.05) is 24.3 Å². The van der Waals surface area contributed by atoms with Crippen LogP contribution in [0.1, 0.15) is 65.6 Å². The third-order valence-electron chi connectivity index (χ3n) is 6.53. The molecule has 1 fully saturated rings. The van der Waals surface area contributed by atoms with Crippen LogP contribution >= 0.6 is 0 Å². The summed E-state index contributed by atoms with van der Waals surface area (Å²) in [6, 6.07) is 2.20. The SMILES string of the molecule is Cc1cc(F)c(CNC(=O)c2cn3c(c(O)c2=O)C(=O)N2CN3C(C)(C)CC[C@@H]2C)c(F)c1.